The first-order valence-corrected chi connectivity index (χ1v) is 9.93. The summed E-state index contributed by atoms with van der Waals surface area (Å²) in [6.07, 6.45) is 2.37. The van der Waals surface area contributed by atoms with Crippen LogP contribution < -0.4 is 10.1 Å². The smallest absolute Gasteiger partial charge is 0.156 e. The zero-order chi connectivity index (χ0) is 19.7. The van der Waals surface area contributed by atoms with Crippen molar-refractivity contribution in [1.82, 2.24) is 15.1 Å². The van der Waals surface area contributed by atoms with Gasteiger partial charge in [-0.2, -0.15) is 0 Å². The maximum Gasteiger partial charge on any atom is 0.156 e. The van der Waals surface area contributed by atoms with Crippen molar-refractivity contribution in [2.75, 3.05) is 32.6 Å². The van der Waals surface area contributed by atoms with Gasteiger partial charge in [0.15, 0.2) is 5.82 Å². The number of piperidine rings is 1. The first-order valence-electron chi connectivity index (χ1n) is 9.93. The molecule has 1 aliphatic rings. The molecule has 0 bridgehead atoms. The van der Waals surface area contributed by atoms with Crippen LogP contribution in [0.2, 0.25) is 0 Å². The van der Waals surface area contributed by atoms with Crippen molar-refractivity contribution in [3.8, 4) is 17.0 Å². The Bertz CT molecular complexity index is 1000. The Morgan fingerprint density at radius 3 is 2.57 bits per heavy atom. The van der Waals surface area contributed by atoms with E-state index in [1.165, 1.54) is 17.5 Å². The van der Waals surface area contributed by atoms with Gasteiger partial charge in [0.25, 0.3) is 0 Å². The van der Waals surface area contributed by atoms with Gasteiger partial charge in [-0.25, -0.2) is 0 Å². The molecule has 5 heteroatoms. The van der Waals surface area contributed by atoms with Crippen molar-refractivity contribution in [3.05, 3.63) is 47.5 Å². The number of hydrogen-bond acceptors (Lipinski definition) is 5. The molecule has 1 fully saturated rings. The molecule has 1 aliphatic heterocycles. The van der Waals surface area contributed by atoms with Gasteiger partial charge in [-0.3, -0.25) is 0 Å². The molecule has 4 rings (SSSR count). The third-order valence-electron chi connectivity index (χ3n) is 5.72. The predicted molar refractivity (Wildman–Crippen MR) is 115 cm³/mol. The topological polar surface area (TPSA) is 50.3 Å². The molecule has 0 spiro atoms. The Labute approximate surface area is 166 Å². The van der Waals surface area contributed by atoms with Gasteiger partial charge in [-0.05, 0) is 63.5 Å². The van der Waals surface area contributed by atoms with E-state index < -0.39 is 0 Å². The van der Waals surface area contributed by atoms with E-state index in [9.17, 15) is 0 Å². The fraction of sp³-hybridized carbons (Fsp3) is 0.391. The number of nitrogens with one attached hydrogen (secondary N) is 1. The molecule has 2 heterocycles. The summed E-state index contributed by atoms with van der Waals surface area (Å²) in [6, 6.07) is 13.0. The molecule has 3 aromatic rings. The van der Waals surface area contributed by atoms with Gasteiger partial charge in [0, 0.05) is 28.9 Å². The summed E-state index contributed by atoms with van der Waals surface area (Å²) in [6.45, 7) is 6.40. The van der Waals surface area contributed by atoms with E-state index in [2.05, 4.69) is 77.7 Å². The van der Waals surface area contributed by atoms with Gasteiger partial charge in [0.1, 0.15) is 11.4 Å². The minimum atomic E-state index is 0.401. The molecule has 1 N–H and O–H groups in total. The van der Waals surface area contributed by atoms with Gasteiger partial charge in [0.05, 0.1) is 7.11 Å². The summed E-state index contributed by atoms with van der Waals surface area (Å²) in [4.78, 5) is 2.37. The largest absolute Gasteiger partial charge is 0.496 e. The summed E-state index contributed by atoms with van der Waals surface area (Å²) < 4.78 is 5.66. The SMILES string of the molecule is COc1cc(C)c(C)cc1-c1nnc(N[C@@H]2CCCN(C)C2)c2ccccc12. The van der Waals surface area contributed by atoms with Crippen LogP contribution in [0.15, 0.2) is 36.4 Å². The van der Waals surface area contributed by atoms with E-state index in [1.807, 2.05) is 0 Å². The molecule has 0 unspecified atom stereocenters. The maximum atomic E-state index is 5.66. The number of benzene rings is 2. The zero-order valence-electron chi connectivity index (χ0n) is 17.1. The third-order valence-corrected chi connectivity index (χ3v) is 5.72. The second kappa shape index (κ2) is 7.76. The fourth-order valence-electron chi connectivity index (χ4n) is 4.03. The fourth-order valence-corrected chi connectivity index (χ4v) is 4.03. The van der Waals surface area contributed by atoms with Crippen molar-refractivity contribution in [2.45, 2.75) is 32.7 Å². The van der Waals surface area contributed by atoms with Crippen molar-refractivity contribution in [2.24, 2.45) is 0 Å². The minimum Gasteiger partial charge on any atom is -0.496 e. The van der Waals surface area contributed by atoms with Crippen LogP contribution in [0.1, 0.15) is 24.0 Å². The normalized spacial score (nSPS) is 17.6. The molecule has 1 saturated heterocycles. The van der Waals surface area contributed by atoms with Gasteiger partial charge in [0.2, 0.25) is 0 Å². The Hall–Kier alpha value is -2.66. The van der Waals surface area contributed by atoms with E-state index in [-0.39, 0.29) is 0 Å². The van der Waals surface area contributed by atoms with Crippen molar-refractivity contribution in [1.29, 1.82) is 0 Å². The summed E-state index contributed by atoms with van der Waals surface area (Å²) in [5.74, 6) is 1.69. The van der Waals surface area contributed by atoms with Crippen LogP contribution in [-0.2, 0) is 0 Å². The number of ether oxygens (including phenoxy) is 1. The highest BCUT2D eigenvalue weighted by Gasteiger charge is 2.20. The molecule has 146 valence electrons. The lowest BCUT2D eigenvalue weighted by Gasteiger charge is -2.30. The van der Waals surface area contributed by atoms with Gasteiger partial charge < -0.3 is 15.0 Å². The summed E-state index contributed by atoms with van der Waals surface area (Å²) in [7, 11) is 3.88. The molecule has 28 heavy (non-hydrogen) atoms. The standard InChI is InChI=1S/C23H28N4O/c1-15-12-20(21(28-4)13-16(15)2)22-18-9-5-6-10-19(18)23(26-25-22)24-17-8-7-11-27(3)14-17/h5-6,9-10,12-13,17H,7-8,11,14H2,1-4H3,(H,24,26)/t17-/m1/s1. The van der Waals surface area contributed by atoms with Crippen molar-refractivity contribution < 1.29 is 4.74 Å². The van der Waals surface area contributed by atoms with Crippen LogP contribution in [0.3, 0.4) is 0 Å². The molecule has 0 radical (unpaired) electrons. The van der Waals surface area contributed by atoms with Crippen LogP contribution >= 0.6 is 0 Å². The lowest BCUT2D eigenvalue weighted by Crippen LogP contribution is -2.40. The first-order chi connectivity index (χ1) is 13.6. The van der Waals surface area contributed by atoms with Crippen LogP contribution in [-0.4, -0.2) is 48.4 Å². The predicted octanol–water partition coefficient (Wildman–Crippen LogP) is 4.43. The average molecular weight is 377 g/mol. The van der Waals surface area contributed by atoms with Crippen molar-refractivity contribution in [3.63, 3.8) is 0 Å². The molecule has 0 aliphatic carbocycles. The van der Waals surface area contributed by atoms with Crippen molar-refractivity contribution >= 4 is 16.6 Å². The number of fused-ring (bicyclic) bond motifs is 1. The van der Waals surface area contributed by atoms with Crippen LogP contribution in [0.4, 0.5) is 5.82 Å². The quantitative estimate of drug-likeness (QED) is 0.730. The van der Waals surface area contributed by atoms with Gasteiger partial charge >= 0.3 is 0 Å². The number of hydrogen-bond donors (Lipinski definition) is 1. The lowest BCUT2D eigenvalue weighted by molar-refractivity contribution is 0.261. The number of likely N-dealkylation sites (tertiary alicyclic amines) is 1. The highest BCUT2D eigenvalue weighted by Crippen LogP contribution is 2.36. The first kappa shape index (κ1) is 18.7. The second-order valence-corrected chi connectivity index (χ2v) is 7.83. The van der Waals surface area contributed by atoms with E-state index in [4.69, 9.17) is 4.74 Å². The number of rotatable bonds is 4. The molecule has 1 atom stereocenters. The van der Waals surface area contributed by atoms with E-state index in [0.717, 1.165) is 53.1 Å². The second-order valence-electron chi connectivity index (χ2n) is 7.83. The lowest BCUT2D eigenvalue weighted by atomic mass is 9.99. The number of aryl methyl sites for hydroxylation is 2. The van der Waals surface area contributed by atoms with Crippen LogP contribution in [0, 0.1) is 13.8 Å². The number of anilines is 1. The summed E-state index contributed by atoms with van der Waals surface area (Å²) >= 11 is 0. The maximum absolute atomic E-state index is 5.66. The van der Waals surface area contributed by atoms with Gasteiger partial charge in [-0.15, -0.1) is 10.2 Å². The summed E-state index contributed by atoms with van der Waals surface area (Å²) in [5.41, 5.74) is 4.27. The third kappa shape index (κ3) is 3.54. The Kier molecular flexibility index (Phi) is 5.18. The number of nitrogens with zero attached hydrogens (tertiary/aromatic N) is 3. The highest BCUT2D eigenvalue weighted by molar-refractivity contribution is 6.01. The molecule has 0 saturated carbocycles. The zero-order valence-corrected chi connectivity index (χ0v) is 17.1. The Morgan fingerprint density at radius 1 is 1.07 bits per heavy atom. The van der Waals surface area contributed by atoms with Crippen LogP contribution in [0.5, 0.6) is 5.75 Å². The van der Waals surface area contributed by atoms with Gasteiger partial charge in [-0.1, -0.05) is 24.3 Å². The number of methoxy groups -OCH3 is 1. The monoisotopic (exact) mass is 376 g/mol. The molecule has 5 nitrogen and oxygen atoms in total. The molecule has 1 aromatic heterocycles. The molecule has 0 amide bonds. The van der Waals surface area contributed by atoms with E-state index >= 15 is 0 Å². The van der Waals surface area contributed by atoms with E-state index in [0.29, 0.717) is 6.04 Å². The molecular formula is C23H28N4O. The number of likely N-dealkylation sites (N-methyl/N-ethyl adjacent to an activating group) is 1. The van der Waals surface area contributed by atoms with E-state index in [1.54, 1.807) is 7.11 Å². The summed E-state index contributed by atoms with van der Waals surface area (Å²) in [5, 5.41) is 15.1. The molecular weight excluding hydrogens is 348 g/mol. The minimum absolute atomic E-state index is 0.401. The highest BCUT2D eigenvalue weighted by atomic mass is 16.5. The number of aromatic nitrogens is 2. The molecule has 2 aromatic carbocycles. The Morgan fingerprint density at radius 2 is 1.82 bits per heavy atom. The van der Waals surface area contributed by atoms with Crippen LogP contribution in [0.25, 0.3) is 22.0 Å². The Balaban J connectivity index is 1.79. The average Bonchev–Trinajstić information content (AvgIpc) is 2.70.